The summed E-state index contributed by atoms with van der Waals surface area (Å²) >= 11 is 7.58. The van der Waals surface area contributed by atoms with Crippen molar-refractivity contribution in [2.45, 2.75) is 6.92 Å². The fourth-order valence-corrected chi connectivity index (χ4v) is 3.77. The van der Waals surface area contributed by atoms with Gasteiger partial charge in [-0.1, -0.05) is 35.9 Å². The molecular weight excluding hydrogens is 378 g/mol. The van der Waals surface area contributed by atoms with Gasteiger partial charge in [-0.05, 0) is 60.5 Å². The Morgan fingerprint density at radius 1 is 0.926 bits per heavy atom. The maximum atomic E-state index is 12.4. The van der Waals surface area contributed by atoms with E-state index in [0.29, 0.717) is 16.4 Å². The van der Waals surface area contributed by atoms with Crippen LogP contribution in [0.1, 0.15) is 5.01 Å². The molecule has 0 atom stereocenters. The summed E-state index contributed by atoms with van der Waals surface area (Å²) in [6.07, 6.45) is 0. The highest BCUT2D eigenvalue weighted by molar-refractivity contribution is 7.18. The molecule has 0 saturated heterocycles. The Morgan fingerprint density at radius 2 is 1.67 bits per heavy atom. The number of carbonyl (C=O) groups excluding carboxylic acids is 1. The molecule has 27 heavy (non-hydrogen) atoms. The first-order chi connectivity index (χ1) is 13.1. The van der Waals surface area contributed by atoms with Crippen molar-refractivity contribution < 1.29 is 4.79 Å². The van der Waals surface area contributed by atoms with E-state index in [-0.39, 0.29) is 6.03 Å². The van der Waals surface area contributed by atoms with Gasteiger partial charge < -0.3 is 10.6 Å². The highest BCUT2D eigenvalue weighted by Crippen LogP contribution is 2.26. The number of nitrogens with zero attached hydrogens (tertiary/aromatic N) is 1. The quantitative estimate of drug-likeness (QED) is 0.413. The lowest BCUT2D eigenvalue weighted by atomic mass is 10.1. The second-order valence-electron chi connectivity index (χ2n) is 6.08. The molecule has 6 heteroatoms. The molecule has 1 heterocycles. The van der Waals surface area contributed by atoms with E-state index in [4.69, 9.17) is 11.6 Å². The molecule has 0 spiro atoms. The summed E-state index contributed by atoms with van der Waals surface area (Å²) in [5, 5.41) is 7.43. The van der Waals surface area contributed by atoms with Gasteiger partial charge in [0, 0.05) is 16.4 Å². The van der Waals surface area contributed by atoms with Crippen molar-refractivity contribution in [2.75, 3.05) is 10.6 Å². The zero-order valence-electron chi connectivity index (χ0n) is 14.5. The van der Waals surface area contributed by atoms with E-state index in [9.17, 15) is 4.79 Å². The largest absolute Gasteiger partial charge is 0.323 e. The van der Waals surface area contributed by atoms with Crippen molar-refractivity contribution in [3.8, 4) is 11.1 Å². The van der Waals surface area contributed by atoms with Gasteiger partial charge in [-0.15, -0.1) is 11.3 Å². The highest BCUT2D eigenvalue weighted by Gasteiger charge is 2.07. The van der Waals surface area contributed by atoms with Crippen molar-refractivity contribution in [1.29, 1.82) is 0 Å². The molecule has 0 radical (unpaired) electrons. The van der Waals surface area contributed by atoms with Crippen LogP contribution in [0.25, 0.3) is 21.3 Å². The first-order valence-electron chi connectivity index (χ1n) is 8.38. The third-order valence-corrected chi connectivity index (χ3v) is 5.25. The second kappa shape index (κ2) is 7.39. The fraction of sp³-hybridized carbons (Fsp3) is 0.0476. The summed E-state index contributed by atoms with van der Waals surface area (Å²) in [5.74, 6) is 0. The van der Waals surface area contributed by atoms with Crippen LogP contribution in [-0.4, -0.2) is 11.0 Å². The van der Waals surface area contributed by atoms with Gasteiger partial charge in [-0.3, -0.25) is 0 Å². The molecule has 0 saturated carbocycles. The predicted octanol–water partition coefficient (Wildman–Crippen LogP) is 6.57. The average molecular weight is 394 g/mol. The van der Waals surface area contributed by atoms with E-state index in [1.165, 1.54) is 0 Å². The predicted molar refractivity (Wildman–Crippen MR) is 114 cm³/mol. The van der Waals surface area contributed by atoms with Gasteiger partial charge in [0.15, 0.2) is 0 Å². The van der Waals surface area contributed by atoms with Gasteiger partial charge in [0.05, 0.1) is 15.2 Å². The number of thiazole rings is 1. The third kappa shape index (κ3) is 4.10. The van der Waals surface area contributed by atoms with E-state index in [1.807, 2.05) is 73.7 Å². The van der Waals surface area contributed by atoms with Crippen LogP contribution in [0.3, 0.4) is 0 Å². The van der Waals surface area contributed by atoms with Gasteiger partial charge in [-0.25, -0.2) is 9.78 Å². The lowest BCUT2D eigenvalue weighted by molar-refractivity contribution is 0.262. The van der Waals surface area contributed by atoms with Crippen LogP contribution in [0.5, 0.6) is 0 Å². The second-order valence-corrected chi connectivity index (χ2v) is 7.75. The molecule has 0 aliphatic rings. The molecule has 4 rings (SSSR count). The lowest BCUT2D eigenvalue weighted by Gasteiger charge is -2.09. The number of rotatable bonds is 3. The summed E-state index contributed by atoms with van der Waals surface area (Å²) in [4.78, 5) is 16.8. The summed E-state index contributed by atoms with van der Waals surface area (Å²) in [7, 11) is 0. The number of aryl methyl sites for hydroxylation is 1. The molecule has 4 aromatic rings. The molecule has 3 aromatic carbocycles. The standard InChI is InChI=1S/C21H16ClN3OS/c1-13-23-19-12-18(9-10-20(19)27-13)25-21(26)24-17-4-2-3-15(11-17)14-5-7-16(22)8-6-14/h2-12H,1H3,(H2,24,25,26). The van der Waals surface area contributed by atoms with E-state index in [0.717, 1.165) is 26.4 Å². The van der Waals surface area contributed by atoms with Crippen LogP contribution >= 0.6 is 22.9 Å². The van der Waals surface area contributed by atoms with Crippen LogP contribution in [-0.2, 0) is 0 Å². The van der Waals surface area contributed by atoms with Crippen LogP contribution in [0.15, 0.2) is 66.7 Å². The molecule has 0 fully saturated rings. The molecule has 4 nitrogen and oxygen atoms in total. The smallest absolute Gasteiger partial charge is 0.308 e. The van der Waals surface area contributed by atoms with Crippen LogP contribution in [0.2, 0.25) is 5.02 Å². The number of amides is 2. The molecule has 1 aromatic heterocycles. The number of carbonyl (C=O) groups is 1. The molecule has 2 amide bonds. The number of urea groups is 1. The number of hydrogen-bond acceptors (Lipinski definition) is 3. The van der Waals surface area contributed by atoms with E-state index >= 15 is 0 Å². The van der Waals surface area contributed by atoms with Crippen LogP contribution in [0.4, 0.5) is 16.2 Å². The maximum absolute atomic E-state index is 12.4. The third-order valence-electron chi connectivity index (χ3n) is 4.05. The minimum Gasteiger partial charge on any atom is -0.308 e. The molecule has 0 unspecified atom stereocenters. The van der Waals surface area contributed by atoms with Crippen LogP contribution in [0, 0.1) is 6.92 Å². The monoisotopic (exact) mass is 393 g/mol. The summed E-state index contributed by atoms with van der Waals surface area (Å²) in [6, 6.07) is 20.7. The molecule has 134 valence electrons. The Balaban J connectivity index is 1.48. The first-order valence-corrected chi connectivity index (χ1v) is 9.57. The number of hydrogen-bond donors (Lipinski definition) is 2. The van der Waals surface area contributed by atoms with Crippen molar-refractivity contribution >= 4 is 50.6 Å². The Kier molecular flexibility index (Phi) is 4.79. The number of halogens is 1. The topological polar surface area (TPSA) is 54.0 Å². The number of fused-ring (bicyclic) bond motifs is 1. The van der Waals surface area contributed by atoms with Crippen molar-refractivity contribution in [3.05, 3.63) is 76.8 Å². The van der Waals surface area contributed by atoms with E-state index in [1.54, 1.807) is 11.3 Å². The number of anilines is 2. The Morgan fingerprint density at radius 3 is 2.44 bits per heavy atom. The van der Waals surface area contributed by atoms with Crippen molar-refractivity contribution in [3.63, 3.8) is 0 Å². The average Bonchev–Trinajstić information content (AvgIpc) is 3.02. The van der Waals surface area contributed by atoms with Gasteiger partial charge >= 0.3 is 6.03 Å². The molecule has 0 aliphatic heterocycles. The summed E-state index contributed by atoms with van der Waals surface area (Å²) in [5.41, 5.74) is 4.35. The van der Waals surface area contributed by atoms with E-state index < -0.39 is 0 Å². The Hall–Kier alpha value is -2.89. The minimum atomic E-state index is -0.297. The molecular formula is C21H16ClN3OS. The van der Waals surface area contributed by atoms with Crippen LogP contribution < -0.4 is 10.6 Å². The SMILES string of the molecule is Cc1nc2cc(NC(=O)Nc3cccc(-c4ccc(Cl)cc4)c3)ccc2s1. The first kappa shape index (κ1) is 17.5. The molecule has 2 N–H and O–H groups in total. The number of aromatic nitrogens is 1. The normalized spacial score (nSPS) is 10.7. The van der Waals surface area contributed by atoms with E-state index in [2.05, 4.69) is 15.6 Å². The number of benzene rings is 3. The lowest BCUT2D eigenvalue weighted by Crippen LogP contribution is -2.19. The van der Waals surface area contributed by atoms with Gasteiger partial charge in [0.25, 0.3) is 0 Å². The van der Waals surface area contributed by atoms with Gasteiger partial charge in [0.1, 0.15) is 0 Å². The Bertz CT molecular complexity index is 1120. The highest BCUT2D eigenvalue weighted by atomic mass is 35.5. The van der Waals surface area contributed by atoms with Gasteiger partial charge in [0.2, 0.25) is 0 Å². The summed E-state index contributed by atoms with van der Waals surface area (Å²) < 4.78 is 1.11. The maximum Gasteiger partial charge on any atom is 0.323 e. The van der Waals surface area contributed by atoms with Gasteiger partial charge in [-0.2, -0.15) is 0 Å². The van der Waals surface area contributed by atoms with Crippen molar-refractivity contribution in [2.24, 2.45) is 0 Å². The minimum absolute atomic E-state index is 0.297. The fourth-order valence-electron chi connectivity index (χ4n) is 2.83. The zero-order valence-corrected chi connectivity index (χ0v) is 16.1. The molecule has 0 bridgehead atoms. The Labute approximate surface area is 165 Å². The number of nitrogens with one attached hydrogen (secondary N) is 2. The zero-order chi connectivity index (χ0) is 18.8. The summed E-state index contributed by atoms with van der Waals surface area (Å²) in [6.45, 7) is 1.97. The molecule has 0 aliphatic carbocycles. The van der Waals surface area contributed by atoms with Crippen molar-refractivity contribution in [1.82, 2.24) is 4.98 Å².